The number of halogens is 7. The van der Waals surface area contributed by atoms with E-state index in [1.807, 2.05) is 91.1 Å². The summed E-state index contributed by atoms with van der Waals surface area (Å²) in [5, 5.41) is 28.4. The van der Waals surface area contributed by atoms with Crippen LogP contribution in [0.3, 0.4) is 0 Å². The predicted molar refractivity (Wildman–Crippen MR) is 366 cm³/mol. The zero-order chi connectivity index (χ0) is 62.6. The molecule has 14 nitrogen and oxygen atoms in total. The normalized spacial score (nSPS) is 17.3. The first-order valence-corrected chi connectivity index (χ1v) is 35.0. The van der Waals surface area contributed by atoms with Gasteiger partial charge in [0, 0.05) is 64.0 Å². The molecule has 6 aromatic heterocycles. The molecule has 3 atom stereocenters. The number of nitrogens with one attached hydrogen (secondary N) is 3. The summed E-state index contributed by atoms with van der Waals surface area (Å²) < 4.78 is 5.88. The van der Waals surface area contributed by atoms with Crippen molar-refractivity contribution in [1.82, 2.24) is 55.5 Å². The van der Waals surface area contributed by atoms with Crippen molar-refractivity contribution in [3.05, 3.63) is 170 Å². The molecule has 8 heterocycles. The highest BCUT2D eigenvalue weighted by Gasteiger charge is 2.38. The first-order valence-electron chi connectivity index (χ1n) is 29.8. The van der Waals surface area contributed by atoms with Crippen LogP contribution in [0.15, 0.2) is 102 Å². The fourth-order valence-electron chi connectivity index (χ4n) is 12.5. The molecule has 0 radical (unpaired) electrons. The average Bonchev–Trinajstić information content (AvgIpc) is 2.12. The summed E-state index contributed by atoms with van der Waals surface area (Å²) in [7, 11) is 0. The Morgan fingerprint density at radius 3 is 1.34 bits per heavy atom. The van der Waals surface area contributed by atoms with Crippen molar-refractivity contribution in [3.8, 4) is 48.8 Å². The molecule has 3 N–H and O–H groups in total. The largest absolute Gasteiger partial charge is 0.348 e. The topological polar surface area (TPSA) is 147 Å². The van der Waals surface area contributed by atoms with Crippen LogP contribution in [-0.4, -0.2) is 89.3 Å². The third kappa shape index (κ3) is 14.8. The van der Waals surface area contributed by atoms with Gasteiger partial charge in [-0.1, -0.05) is 125 Å². The first-order chi connectivity index (χ1) is 42.9. The lowest BCUT2D eigenvalue weighted by Gasteiger charge is -2.28. The average molecular weight is 1390 g/mol. The minimum atomic E-state index is -0.193. The van der Waals surface area contributed by atoms with Gasteiger partial charge in [-0.15, -0.1) is 34.0 Å². The van der Waals surface area contributed by atoms with E-state index in [0.717, 1.165) is 100 Å². The van der Waals surface area contributed by atoms with Crippen LogP contribution in [0.5, 0.6) is 0 Å². The Morgan fingerprint density at radius 1 is 0.494 bits per heavy atom. The van der Waals surface area contributed by atoms with Gasteiger partial charge in [-0.25, -0.2) is 24.1 Å². The monoisotopic (exact) mass is 1390 g/mol. The van der Waals surface area contributed by atoms with Crippen molar-refractivity contribution in [1.29, 1.82) is 0 Å². The number of hydrogen-bond donors (Lipinski definition) is 3. The van der Waals surface area contributed by atoms with Crippen molar-refractivity contribution < 1.29 is 14.4 Å². The molecule has 2 saturated carbocycles. The number of fused-ring (bicyclic) bond motifs is 1. The van der Waals surface area contributed by atoms with Crippen LogP contribution in [-0.2, 0) is 0 Å². The van der Waals surface area contributed by atoms with Crippen molar-refractivity contribution in [3.63, 3.8) is 0 Å². The summed E-state index contributed by atoms with van der Waals surface area (Å²) in [6.07, 6.45) is 13.3. The third-order valence-electron chi connectivity index (χ3n) is 17.1. The Labute approximate surface area is 565 Å². The molecule has 4 fully saturated rings. The zero-order valence-electron chi connectivity index (χ0n) is 49.4. The van der Waals surface area contributed by atoms with E-state index < -0.39 is 0 Å². The maximum atomic E-state index is 13.2. The van der Waals surface area contributed by atoms with Gasteiger partial charge in [-0.3, -0.25) is 25.2 Å². The molecule has 2 aliphatic heterocycles. The quantitative estimate of drug-likeness (QED) is 0.103. The van der Waals surface area contributed by atoms with Gasteiger partial charge in [0.1, 0.15) is 0 Å². The van der Waals surface area contributed by atoms with E-state index in [1.54, 1.807) is 73.1 Å². The number of piperidine rings is 1. The van der Waals surface area contributed by atoms with Crippen molar-refractivity contribution >= 4 is 133 Å². The number of nitrogens with zero attached hydrogens (tertiary/aromatic N) is 8. The van der Waals surface area contributed by atoms with Crippen molar-refractivity contribution in [2.45, 2.75) is 104 Å². The second kappa shape index (κ2) is 29.1. The molecule has 0 bridgehead atoms. The van der Waals surface area contributed by atoms with Crippen molar-refractivity contribution in [2.24, 2.45) is 17.8 Å². The third-order valence-corrected chi connectivity index (χ3v) is 21.7. The maximum Gasteiger partial charge on any atom is 0.286 e. The Balaban J connectivity index is 0.000000138. The zero-order valence-corrected chi connectivity index (χ0v) is 57.1. The van der Waals surface area contributed by atoms with Crippen LogP contribution in [0.4, 0.5) is 0 Å². The summed E-state index contributed by atoms with van der Waals surface area (Å²) >= 11 is 48.5. The summed E-state index contributed by atoms with van der Waals surface area (Å²) in [5.74, 6) is 1.40. The lowest BCUT2D eigenvalue weighted by Crippen LogP contribution is -2.45. The minimum absolute atomic E-state index is 0.108. The number of hydrogen-bond acceptors (Lipinski definition) is 11. The number of carbonyl (C=O) groups is 3. The number of thiophene rings is 3. The van der Waals surface area contributed by atoms with Crippen LogP contribution in [0.25, 0.3) is 48.8 Å². The molecular weight excluding hydrogens is 1330 g/mol. The summed E-state index contributed by atoms with van der Waals surface area (Å²) in [6, 6.07) is 27.7. The highest BCUT2D eigenvalue weighted by molar-refractivity contribution is 7.19. The van der Waals surface area contributed by atoms with Crippen LogP contribution in [0.1, 0.15) is 126 Å². The molecule has 3 aromatic carbocycles. The van der Waals surface area contributed by atoms with E-state index in [2.05, 4.69) is 33.2 Å². The molecule has 89 heavy (non-hydrogen) atoms. The summed E-state index contributed by atoms with van der Waals surface area (Å²) in [6.45, 7) is 11.5. The number of carbonyl (C=O) groups excluding carboxylic acids is 3. The molecular formula is C65H66Cl7N11O3S3. The number of benzene rings is 3. The van der Waals surface area contributed by atoms with Crippen LogP contribution in [0, 0.1) is 38.5 Å². The molecule has 9 aromatic rings. The molecule has 0 spiro atoms. The molecule has 24 heteroatoms. The maximum absolute atomic E-state index is 13.2. The summed E-state index contributed by atoms with van der Waals surface area (Å²) in [5.41, 5.74) is 14.3. The molecule has 13 rings (SSSR count). The lowest BCUT2D eigenvalue weighted by atomic mass is 9.84. The highest BCUT2D eigenvalue weighted by atomic mass is 35.5. The van der Waals surface area contributed by atoms with Gasteiger partial charge in [0.15, 0.2) is 17.1 Å². The first kappa shape index (κ1) is 65.2. The predicted octanol–water partition coefficient (Wildman–Crippen LogP) is 18.5. The van der Waals surface area contributed by atoms with Gasteiger partial charge in [0.25, 0.3) is 17.7 Å². The molecule has 2 aliphatic carbocycles. The standard InChI is InChI=1S/C23H24Cl3N3OS.C22H22Cl2N4OS.C20H20Cl2N4OS/c1-13-21(23(30)27-14(2)15-6-4-3-5-7-15)28-29(18-9-8-16(24)12-17(18)25)22(13)19-10-11-20(26)31-19;1-13-20(22(29)26-27-11-14-4-2-5-15(14)12-27)25-28(21(13)19-6-3-9-30-19)18-8-7-16(23)10-17(18)24;1-13-18(20(27)24-25-9-3-2-4-10-25)23-26(19(13)17-6-5-11-28-17)16-8-7-14(21)12-15(16)22/h8-12,14-15H,3-7H2,1-2H3,(H,27,30);3,6-10,14-15H,2,4-5,11-12H2,1H3,(H,26,29);5-8,11-12H,2-4,9-10H2,1H3,(H,24,27)/t14-;;/m0../s1. The Bertz CT molecular complexity index is 3990. The van der Waals surface area contributed by atoms with Gasteiger partial charge in [0.2, 0.25) is 0 Å². The van der Waals surface area contributed by atoms with E-state index in [-0.39, 0.29) is 23.8 Å². The number of amides is 3. The lowest BCUT2D eigenvalue weighted by molar-refractivity contribution is 0.0742. The van der Waals surface area contributed by atoms with E-state index in [9.17, 15) is 14.4 Å². The number of aromatic nitrogens is 6. The second-order valence-corrected chi connectivity index (χ2v) is 29.1. The molecule has 2 saturated heterocycles. The Morgan fingerprint density at radius 2 is 0.921 bits per heavy atom. The SMILES string of the molecule is Cc1c(C(=O)NN2CC3CCCC3C2)nn(-c2ccc(Cl)cc2Cl)c1-c1cccs1.Cc1c(C(=O)NN2CCCCC2)nn(-c2ccc(Cl)cc2Cl)c1-c1cccs1.Cc1c(C(=O)N[C@@H](C)C2CCCCC2)nn(-c2ccc(Cl)cc2Cl)c1-c1ccc(Cl)s1. The Kier molecular flexibility index (Phi) is 21.4. The fraction of sp³-hybridized carbons (Fsp3) is 0.354. The van der Waals surface area contributed by atoms with Crippen LogP contribution in [0.2, 0.25) is 34.5 Å². The fourth-order valence-corrected chi connectivity index (χ4v) is 16.7. The van der Waals surface area contributed by atoms with Crippen molar-refractivity contribution in [2.75, 3.05) is 26.2 Å². The van der Waals surface area contributed by atoms with Crippen LogP contribution >= 0.6 is 115 Å². The smallest absolute Gasteiger partial charge is 0.286 e. The van der Waals surface area contributed by atoms with Gasteiger partial charge in [0.05, 0.1) is 68.2 Å². The summed E-state index contributed by atoms with van der Waals surface area (Å²) in [4.78, 5) is 42.3. The van der Waals surface area contributed by atoms with E-state index in [0.29, 0.717) is 86.4 Å². The number of hydrazine groups is 2. The molecule has 466 valence electrons. The molecule has 2 unspecified atom stereocenters. The van der Waals surface area contributed by atoms with E-state index in [1.165, 1.54) is 56.3 Å². The van der Waals surface area contributed by atoms with Crippen LogP contribution < -0.4 is 16.2 Å². The second-order valence-electron chi connectivity index (χ2n) is 23.0. The van der Waals surface area contributed by atoms with E-state index in [4.69, 9.17) is 91.4 Å². The minimum Gasteiger partial charge on any atom is -0.348 e. The van der Waals surface area contributed by atoms with Gasteiger partial charge in [-0.2, -0.15) is 15.3 Å². The highest BCUT2D eigenvalue weighted by Crippen LogP contribution is 2.41. The van der Waals surface area contributed by atoms with Gasteiger partial charge >= 0.3 is 0 Å². The van der Waals surface area contributed by atoms with Gasteiger partial charge < -0.3 is 5.32 Å². The Hall–Kier alpha value is -5.25. The van der Waals surface area contributed by atoms with Gasteiger partial charge in [-0.05, 0) is 174 Å². The van der Waals surface area contributed by atoms with E-state index >= 15 is 0 Å². The number of rotatable bonds is 13. The molecule has 3 amide bonds. The molecule has 4 aliphatic rings.